The van der Waals surface area contributed by atoms with Crippen molar-refractivity contribution in [3.05, 3.63) is 0 Å². The summed E-state index contributed by atoms with van der Waals surface area (Å²) in [5.41, 5.74) is 5.37. The first-order chi connectivity index (χ1) is 6.61. The number of carbonyl (C=O) groups is 1. The maximum absolute atomic E-state index is 11.5. The van der Waals surface area contributed by atoms with Gasteiger partial charge in [0.15, 0.2) is 0 Å². The van der Waals surface area contributed by atoms with Crippen molar-refractivity contribution in [1.29, 1.82) is 0 Å². The number of nitrogens with one attached hydrogen (secondary N) is 1. The van der Waals surface area contributed by atoms with Crippen molar-refractivity contribution in [2.75, 3.05) is 20.2 Å². The molecule has 0 aromatic carbocycles. The van der Waals surface area contributed by atoms with E-state index < -0.39 is 0 Å². The van der Waals surface area contributed by atoms with Crippen molar-refractivity contribution in [2.24, 2.45) is 11.7 Å². The molecule has 84 valence electrons. The number of carbonyl (C=O) groups excluding carboxylic acids is 1. The Hall–Kier alpha value is -0.610. The molecule has 2 unspecified atom stereocenters. The quantitative estimate of drug-likeness (QED) is 0.632. The van der Waals surface area contributed by atoms with E-state index in [4.69, 9.17) is 10.5 Å². The minimum Gasteiger partial charge on any atom is -0.380 e. The summed E-state index contributed by atoms with van der Waals surface area (Å²) in [5.74, 6) is 0.130. The van der Waals surface area contributed by atoms with Crippen molar-refractivity contribution in [2.45, 2.75) is 32.8 Å². The molecule has 0 bridgehead atoms. The van der Waals surface area contributed by atoms with Gasteiger partial charge in [0.2, 0.25) is 5.91 Å². The van der Waals surface area contributed by atoms with E-state index in [-0.39, 0.29) is 17.9 Å². The Morgan fingerprint density at radius 3 is 2.64 bits per heavy atom. The van der Waals surface area contributed by atoms with Crippen LogP contribution in [-0.4, -0.2) is 32.2 Å². The Bertz CT molecular complexity index is 162. The van der Waals surface area contributed by atoms with Crippen LogP contribution < -0.4 is 11.1 Å². The van der Waals surface area contributed by atoms with E-state index in [1.165, 1.54) is 0 Å². The van der Waals surface area contributed by atoms with Gasteiger partial charge >= 0.3 is 0 Å². The first-order valence-corrected chi connectivity index (χ1v) is 5.12. The van der Waals surface area contributed by atoms with E-state index in [0.717, 1.165) is 12.8 Å². The Kier molecular flexibility index (Phi) is 7.42. The fourth-order valence-electron chi connectivity index (χ4n) is 1.06. The molecular weight excluding hydrogens is 180 g/mol. The lowest BCUT2D eigenvalue weighted by molar-refractivity contribution is -0.125. The number of ether oxygens (including phenoxy) is 1. The number of amides is 1. The minimum absolute atomic E-state index is 0.0441. The lowest BCUT2D eigenvalue weighted by Crippen LogP contribution is -2.35. The molecular formula is C10H22N2O2. The van der Waals surface area contributed by atoms with E-state index in [1.54, 1.807) is 7.11 Å². The molecule has 4 nitrogen and oxygen atoms in total. The predicted molar refractivity (Wildman–Crippen MR) is 56.9 cm³/mol. The standard InChI is InChI=1S/C10H22N2O2/c1-8(5-4-6-11)10(13)12-7-9(2)14-3/h8-9H,4-7,11H2,1-3H3,(H,12,13). The summed E-state index contributed by atoms with van der Waals surface area (Å²) in [6, 6.07) is 0. The molecule has 0 aliphatic rings. The van der Waals surface area contributed by atoms with Crippen molar-refractivity contribution in [1.82, 2.24) is 5.32 Å². The maximum atomic E-state index is 11.5. The van der Waals surface area contributed by atoms with Gasteiger partial charge in [0.05, 0.1) is 6.10 Å². The Balaban J connectivity index is 3.61. The summed E-state index contributed by atoms with van der Waals surface area (Å²) in [5, 5.41) is 2.84. The second-order valence-corrected chi connectivity index (χ2v) is 3.62. The Morgan fingerprint density at radius 2 is 2.14 bits per heavy atom. The van der Waals surface area contributed by atoms with Gasteiger partial charge in [-0.25, -0.2) is 0 Å². The molecule has 0 saturated heterocycles. The van der Waals surface area contributed by atoms with Gasteiger partial charge in [-0.15, -0.1) is 0 Å². The summed E-state index contributed by atoms with van der Waals surface area (Å²) in [7, 11) is 1.63. The van der Waals surface area contributed by atoms with E-state index in [1.807, 2.05) is 13.8 Å². The molecule has 0 rings (SSSR count). The molecule has 0 aliphatic heterocycles. The lowest BCUT2D eigenvalue weighted by Gasteiger charge is -2.14. The van der Waals surface area contributed by atoms with Crippen LogP contribution in [0.5, 0.6) is 0 Å². The van der Waals surface area contributed by atoms with Gasteiger partial charge in [0, 0.05) is 19.6 Å². The summed E-state index contributed by atoms with van der Waals surface area (Å²) in [6.45, 7) is 5.06. The van der Waals surface area contributed by atoms with Crippen LogP contribution in [0.4, 0.5) is 0 Å². The second-order valence-electron chi connectivity index (χ2n) is 3.62. The van der Waals surface area contributed by atoms with Crippen LogP contribution in [0.15, 0.2) is 0 Å². The average molecular weight is 202 g/mol. The Morgan fingerprint density at radius 1 is 1.50 bits per heavy atom. The molecule has 14 heavy (non-hydrogen) atoms. The Labute approximate surface area is 86.2 Å². The van der Waals surface area contributed by atoms with Crippen molar-refractivity contribution in [3.8, 4) is 0 Å². The van der Waals surface area contributed by atoms with Gasteiger partial charge < -0.3 is 15.8 Å². The molecule has 2 atom stereocenters. The third-order valence-electron chi connectivity index (χ3n) is 2.25. The SMILES string of the molecule is COC(C)CNC(=O)C(C)CCCN. The molecule has 3 N–H and O–H groups in total. The average Bonchev–Trinajstić information content (AvgIpc) is 2.21. The van der Waals surface area contributed by atoms with E-state index in [9.17, 15) is 4.79 Å². The maximum Gasteiger partial charge on any atom is 0.222 e. The predicted octanol–water partition coefficient (Wildman–Crippen LogP) is 0.513. The number of hydrogen-bond donors (Lipinski definition) is 2. The van der Waals surface area contributed by atoms with Gasteiger partial charge in [-0.3, -0.25) is 4.79 Å². The molecule has 0 spiro atoms. The first kappa shape index (κ1) is 13.4. The van der Waals surface area contributed by atoms with Gasteiger partial charge in [-0.05, 0) is 26.3 Å². The molecule has 0 aromatic heterocycles. The van der Waals surface area contributed by atoms with Crippen molar-refractivity contribution in [3.63, 3.8) is 0 Å². The van der Waals surface area contributed by atoms with Gasteiger partial charge in [0.25, 0.3) is 0 Å². The fourth-order valence-corrected chi connectivity index (χ4v) is 1.06. The minimum atomic E-state index is 0.0441. The smallest absolute Gasteiger partial charge is 0.222 e. The molecule has 0 fully saturated rings. The topological polar surface area (TPSA) is 64.3 Å². The summed E-state index contributed by atoms with van der Waals surface area (Å²) in [4.78, 5) is 11.5. The van der Waals surface area contributed by atoms with E-state index in [2.05, 4.69) is 5.32 Å². The normalized spacial score (nSPS) is 14.9. The third kappa shape index (κ3) is 5.94. The van der Waals surface area contributed by atoms with Crippen LogP contribution in [-0.2, 0) is 9.53 Å². The van der Waals surface area contributed by atoms with Gasteiger partial charge in [-0.1, -0.05) is 6.92 Å². The number of nitrogens with two attached hydrogens (primary N) is 1. The lowest BCUT2D eigenvalue weighted by atomic mass is 10.1. The zero-order chi connectivity index (χ0) is 11.0. The zero-order valence-electron chi connectivity index (χ0n) is 9.38. The van der Waals surface area contributed by atoms with E-state index >= 15 is 0 Å². The monoisotopic (exact) mass is 202 g/mol. The highest BCUT2D eigenvalue weighted by molar-refractivity contribution is 5.78. The highest BCUT2D eigenvalue weighted by Crippen LogP contribution is 2.04. The van der Waals surface area contributed by atoms with Crippen molar-refractivity contribution >= 4 is 5.91 Å². The summed E-state index contributed by atoms with van der Waals surface area (Å²) >= 11 is 0. The van der Waals surface area contributed by atoms with Crippen LogP contribution in [0.3, 0.4) is 0 Å². The van der Waals surface area contributed by atoms with Crippen molar-refractivity contribution < 1.29 is 9.53 Å². The van der Waals surface area contributed by atoms with Crippen LogP contribution in [0, 0.1) is 5.92 Å². The highest BCUT2D eigenvalue weighted by atomic mass is 16.5. The second kappa shape index (κ2) is 7.76. The highest BCUT2D eigenvalue weighted by Gasteiger charge is 2.12. The summed E-state index contributed by atoms with van der Waals surface area (Å²) in [6.07, 6.45) is 1.82. The zero-order valence-corrected chi connectivity index (χ0v) is 9.38. The fraction of sp³-hybridized carbons (Fsp3) is 0.900. The molecule has 1 amide bonds. The summed E-state index contributed by atoms with van der Waals surface area (Å²) < 4.78 is 5.03. The van der Waals surface area contributed by atoms with Crippen LogP contribution in [0.25, 0.3) is 0 Å². The molecule has 0 saturated carbocycles. The van der Waals surface area contributed by atoms with Crippen LogP contribution >= 0.6 is 0 Å². The van der Waals surface area contributed by atoms with Crippen LogP contribution in [0.1, 0.15) is 26.7 Å². The molecule has 0 heterocycles. The largest absolute Gasteiger partial charge is 0.380 e. The molecule has 0 aromatic rings. The molecule has 0 radical (unpaired) electrons. The molecule has 4 heteroatoms. The van der Waals surface area contributed by atoms with Gasteiger partial charge in [-0.2, -0.15) is 0 Å². The number of rotatable bonds is 7. The molecule has 0 aliphatic carbocycles. The van der Waals surface area contributed by atoms with Gasteiger partial charge in [0.1, 0.15) is 0 Å². The number of hydrogen-bond acceptors (Lipinski definition) is 3. The van der Waals surface area contributed by atoms with Crippen LogP contribution in [0.2, 0.25) is 0 Å². The third-order valence-corrected chi connectivity index (χ3v) is 2.25. The van der Waals surface area contributed by atoms with E-state index in [0.29, 0.717) is 13.1 Å². The number of methoxy groups -OCH3 is 1. The first-order valence-electron chi connectivity index (χ1n) is 5.12.